The number of aromatic nitrogens is 2. The van der Waals surface area contributed by atoms with Crippen molar-refractivity contribution >= 4 is 17.0 Å². The van der Waals surface area contributed by atoms with E-state index in [4.69, 9.17) is 4.42 Å². The van der Waals surface area contributed by atoms with Gasteiger partial charge in [-0.15, -0.1) is 0 Å². The fraction of sp³-hybridized carbons (Fsp3) is 0.111. The summed E-state index contributed by atoms with van der Waals surface area (Å²) in [5, 5.41) is 2.99. The van der Waals surface area contributed by atoms with Crippen molar-refractivity contribution in [2.75, 3.05) is 6.54 Å². The molecule has 164 valence electrons. The number of nitrogens with zero attached hydrogens (tertiary/aromatic N) is 2. The van der Waals surface area contributed by atoms with Crippen LogP contribution in [0.1, 0.15) is 21.7 Å². The van der Waals surface area contributed by atoms with Crippen LogP contribution in [0.15, 0.2) is 95.5 Å². The molecule has 33 heavy (non-hydrogen) atoms. The summed E-state index contributed by atoms with van der Waals surface area (Å²) in [6.07, 6.45) is 2.39. The molecule has 2 aromatic carbocycles. The van der Waals surface area contributed by atoms with Gasteiger partial charge < -0.3 is 14.3 Å². The lowest BCUT2D eigenvalue weighted by atomic mass is 10.2. The highest BCUT2D eigenvalue weighted by atomic mass is 19.1. The maximum atomic E-state index is 13.3. The molecule has 0 fully saturated rings. The molecule has 1 N–H and O–H groups in total. The Morgan fingerprint density at radius 1 is 0.970 bits per heavy atom. The van der Waals surface area contributed by atoms with Gasteiger partial charge in [-0.25, -0.2) is 4.39 Å². The molecule has 0 radical (unpaired) electrons. The maximum Gasteiger partial charge on any atom is 0.268 e. The van der Waals surface area contributed by atoms with Crippen LogP contribution in [0.4, 0.5) is 4.39 Å². The zero-order valence-corrected chi connectivity index (χ0v) is 17.9. The van der Waals surface area contributed by atoms with Crippen LogP contribution in [0.25, 0.3) is 22.4 Å². The molecule has 3 aromatic heterocycles. The highest BCUT2D eigenvalue weighted by Crippen LogP contribution is 2.31. The first-order chi connectivity index (χ1) is 16.2. The van der Waals surface area contributed by atoms with Crippen LogP contribution in [0.3, 0.4) is 0 Å². The Kier molecular flexibility index (Phi) is 5.72. The third kappa shape index (κ3) is 4.55. The molecule has 0 bridgehead atoms. The first kappa shape index (κ1) is 20.7. The number of furan rings is 1. The molecule has 0 aliphatic carbocycles. The molecule has 0 atom stereocenters. The Morgan fingerprint density at radius 3 is 2.52 bits per heavy atom. The van der Waals surface area contributed by atoms with Crippen molar-refractivity contribution in [1.29, 1.82) is 0 Å². The van der Waals surface area contributed by atoms with E-state index in [1.807, 2.05) is 59.2 Å². The molecule has 0 saturated heterocycles. The monoisotopic (exact) mass is 439 g/mol. The predicted octanol–water partition coefficient (Wildman–Crippen LogP) is 5.46. The summed E-state index contributed by atoms with van der Waals surface area (Å²) in [6.45, 7) is 1.00. The zero-order valence-electron chi connectivity index (χ0n) is 17.9. The van der Waals surface area contributed by atoms with Gasteiger partial charge in [-0.2, -0.15) is 0 Å². The largest absolute Gasteiger partial charge is 0.454 e. The van der Waals surface area contributed by atoms with Crippen LogP contribution in [-0.2, 0) is 13.0 Å². The van der Waals surface area contributed by atoms with E-state index in [9.17, 15) is 9.18 Å². The highest BCUT2D eigenvalue weighted by Gasteiger charge is 2.20. The number of carbonyl (C=O) groups is 1. The van der Waals surface area contributed by atoms with E-state index in [-0.39, 0.29) is 11.7 Å². The fourth-order valence-corrected chi connectivity index (χ4v) is 3.86. The lowest BCUT2D eigenvalue weighted by Crippen LogP contribution is -2.28. The van der Waals surface area contributed by atoms with Gasteiger partial charge >= 0.3 is 0 Å². The molecule has 5 aromatic rings. The third-order valence-corrected chi connectivity index (χ3v) is 5.53. The molecule has 6 heteroatoms. The summed E-state index contributed by atoms with van der Waals surface area (Å²) >= 11 is 0. The number of benzene rings is 2. The Hall–Kier alpha value is -4.19. The molecule has 0 spiro atoms. The van der Waals surface area contributed by atoms with E-state index >= 15 is 0 Å². The minimum absolute atomic E-state index is 0.170. The van der Waals surface area contributed by atoms with Crippen LogP contribution in [0.5, 0.6) is 0 Å². The smallest absolute Gasteiger partial charge is 0.268 e. The molecule has 0 aliphatic rings. The first-order valence-corrected chi connectivity index (χ1v) is 10.8. The third-order valence-electron chi connectivity index (χ3n) is 5.53. The van der Waals surface area contributed by atoms with Crippen molar-refractivity contribution < 1.29 is 13.6 Å². The molecular formula is C27H22FN3O2. The number of nitrogens with one attached hydrogen (secondary N) is 1. The van der Waals surface area contributed by atoms with Gasteiger partial charge in [0, 0.05) is 49.1 Å². The Bertz CT molecular complexity index is 1370. The molecular weight excluding hydrogens is 417 g/mol. The topological polar surface area (TPSA) is 60.1 Å². The van der Waals surface area contributed by atoms with E-state index in [2.05, 4.69) is 10.3 Å². The van der Waals surface area contributed by atoms with Crippen LogP contribution < -0.4 is 5.32 Å². The normalized spacial score (nSPS) is 11.1. The van der Waals surface area contributed by atoms with Crippen molar-refractivity contribution in [3.05, 3.63) is 114 Å². The van der Waals surface area contributed by atoms with Crippen molar-refractivity contribution in [1.82, 2.24) is 14.9 Å². The standard InChI is InChI=1S/C27H22FN3O2/c28-21-11-9-20(10-12-21)25-16-23-26(33-25)17-24(31(23)18-19-6-2-1-3-7-19)27(32)30-15-13-22-8-4-5-14-29-22/h1-12,14,16-17H,13,15,18H2,(H,30,32). The van der Waals surface area contributed by atoms with Crippen molar-refractivity contribution in [3.63, 3.8) is 0 Å². The van der Waals surface area contributed by atoms with Crippen LogP contribution in [0, 0.1) is 5.82 Å². The van der Waals surface area contributed by atoms with E-state index < -0.39 is 0 Å². The summed E-state index contributed by atoms with van der Waals surface area (Å²) in [6, 6.07) is 25.5. The van der Waals surface area contributed by atoms with Gasteiger partial charge in [0.15, 0.2) is 5.58 Å². The van der Waals surface area contributed by atoms with Crippen LogP contribution >= 0.6 is 0 Å². The lowest BCUT2D eigenvalue weighted by Gasteiger charge is -2.11. The van der Waals surface area contributed by atoms with Gasteiger partial charge in [0.2, 0.25) is 0 Å². The summed E-state index contributed by atoms with van der Waals surface area (Å²) < 4.78 is 21.3. The number of fused-ring (bicyclic) bond motifs is 1. The number of hydrogen-bond acceptors (Lipinski definition) is 3. The second-order valence-electron chi connectivity index (χ2n) is 7.80. The average Bonchev–Trinajstić information content (AvgIpc) is 3.40. The second kappa shape index (κ2) is 9.12. The Labute approximate surface area is 190 Å². The van der Waals surface area contributed by atoms with E-state index in [0.717, 1.165) is 22.3 Å². The molecule has 0 saturated carbocycles. The summed E-state index contributed by atoms with van der Waals surface area (Å²) in [7, 11) is 0. The minimum atomic E-state index is -0.298. The minimum Gasteiger partial charge on any atom is -0.454 e. The average molecular weight is 439 g/mol. The fourth-order valence-electron chi connectivity index (χ4n) is 3.86. The maximum absolute atomic E-state index is 13.3. The Balaban J connectivity index is 1.44. The van der Waals surface area contributed by atoms with Gasteiger partial charge in [-0.05, 0) is 42.0 Å². The quantitative estimate of drug-likeness (QED) is 0.367. The number of rotatable bonds is 7. The molecule has 5 rings (SSSR count). The molecule has 3 heterocycles. The number of hydrogen-bond donors (Lipinski definition) is 1. The van der Waals surface area contributed by atoms with E-state index in [1.165, 1.54) is 12.1 Å². The van der Waals surface area contributed by atoms with Crippen molar-refractivity contribution in [3.8, 4) is 11.3 Å². The molecule has 0 unspecified atom stereocenters. The van der Waals surface area contributed by atoms with Crippen LogP contribution in [-0.4, -0.2) is 22.0 Å². The number of amides is 1. The van der Waals surface area contributed by atoms with E-state index in [0.29, 0.717) is 36.5 Å². The molecule has 1 amide bonds. The highest BCUT2D eigenvalue weighted by molar-refractivity contribution is 5.98. The van der Waals surface area contributed by atoms with Gasteiger partial charge in [-0.1, -0.05) is 36.4 Å². The predicted molar refractivity (Wildman–Crippen MR) is 125 cm³/mol. The second-order valence-corrected chi connectivity index (χ2v) is 7.80. The Morgan fingerprint density at radius 2 is 1.76 bits per heavy atom. The van der Waals surface area contributed by atoms with Gasteiger partial charge in [-0.3, -0.25) is 9.78 Å². The number of pyridine rings is 1. The number of halogens is 1. The van der Waals surface area contributed by atoms with E-state index in [1.54, 1.807) is 24.4 Å². The van der Waals surface area contributed by atoms with Crippen LogP contribution in [0.2, 0.25) is 0 Å². The first-order valence-electron chi connectivity index (χ1n) is 10.8. The summed E-state index contributed by atoms with van der Waals surface area (Å²) in [4.78, 5) is 17.4. The summed E-state index contributed by atoms with van der Waals surface area (Å²) in [5.74, 6) is 0.161. The SMILES string of the molecule is O=C(NCCc1ccccn1)c1cc2oc(-c3ccc(F)cc3)cc2n1Cc1ccccc1. The van der Waals surface area contributed by atoms with Gasteiger partial charge in [0.1, 0.15) is 17.3 Å². The molecule has 0 aliphatic heterocycles. The number of carbonyl (C=O) groups excluding carboxylic acids is 1. The summed E-state index contributed by atoms with van der Waals surface area (Å²) in [5.41, 5.74) is 4.73. The lowest BCUT2D eigenvalue weighted by molar-refractivity contribution is 0.0945. The zero-order chi connectivity index (χ0) is 22.6. The van der Waals surface area contributed by atoms with Gasteiger partial charge in [0.25, 0.3) is 5.91 Å². The van der Waals surface area contributed by atoms with Crippen molar-refractivity contribution in [2.24, 2.45) is 0 Å². The van der Waals surface area contributed by atoms with Gasteiger partial charge in [0.05, 0.1) is 5.52 Å². The van der Waals surface area contributed by atoms with Crippen molar-refractivity contribution in [2.45, 2.75) is 13.0 Å². The molecule has 5 nitrogen and oxygen atoms in total.